The van der Waals surface area contributed by atoms with Crippen molar-refractivity contribution in [3.05, 3.63) is 130 Å². The third kappa shape index (κ3) is 7.65. The van der Waals surface area contributed by atoms with Crippen molar-refractivity contribution in [2.45, 2.75) is 38.8 Å². The largest absolute Gasteiger partial charge is 0.489 e. The normalized spacial score (nSPS) is 11.6. The van der Waals surface area contributed by atoms with Gasteiger partial charge in [-0.1, -0.05) is 90.5 Å². The number of aryl methyl sites for hydroxylation is 3. The van der Waals surface area contributed by atoms with E-state index in [0.29, 0.717) is 23.5 Å². The minimum atomic E-state index is -3.98. The predicted molar refractivity (Wildman–Crippen MR) is 158 cm³/mol. The fourth-order valence-electron chi connectivity index (χ4n) is 4.52. The van der Waals surface area contributed by atoms with Crippen LogP contribution in [0.15, 0.2) is 107 Å². The number of hydrogen-bond acceptors (Lipinski definition) is 5. The average molecular weight is 556 g/mol. The highest BCUT2D eigenvalue weighted by atomic mass is 32.2. The van der Waals surface area contributed by atoms with Gasteiger partial charge < -0.3 is 4.74 Å². The molecule has 1 N–H and O–H groups in total. The summed E-state index contributed by atoms with van der Waals surface area (Å²) in [5.41, 5.74) is 7.29. The quantitative estimate of drug-likeness (QED) is 0.195. The van der Waals surface area contributed by atoms with Gasteiger partial charge in [-0.25, -0.2) is 13.8 Å². The second kappa shape index (κ2) is 13.2. The molecule has 0 bridgehead atoms. The minimum absolute atomic E-state index is 0.0495. The van der Waals surface area contributed by atoms with Crippen LogP contribution in [0.25, 0.3) is 0 Å². The van der Waals surface area contributed by atoms with Gasteiger partial charge in [-0.2, -0.15) is 9.41 Å². The second-order valence-corrected chi connectivity index (χ2v) is 11.5. The third-order valence-corrected chi connectivity index (χ3v) is 8.33. The molecule has 0 heterocycles. The zero-order valence-electron chi connectivity index (χ0n) is 22.9. The maximum Gasteiger partial charge on any atom is 0.255 e. The van der Waals surface area contributed by atoms with Gasteiger partial charge in [0, 0.05) is 6.54 Å². The van der Waals surface area contributed by atoms with Gasteiger partial charge in [0.1, 0.15) is 12.4 Å². The molecule has 0 aliphatic heterocycles. The number of carbonyl (C=O) groups is 1. The number of ether oxygens (including phenoxy) is 1. The van der Waals surface area contributed by atoms with Gasteiger partial charge >= 0.3 is 0 Å². The van der Waals surface area contributed by atoms with E-state index in [1.165, 1.54) is 10.5 Å². The van der Waals surface area contributed by atoms with E-state index in [1.807, 2.05) is 104 Å². The summed E-state index contributed by atoms with van der Waals surface area (Å²) in [6.07, 6.45) is 1.50. The number of nitrogens with one attached hydrogen (secondary N) is 1. The molecule has 7 nitrogen and oxygen atoms in total. The van der Waals surface area contributed by atoms with Crippen LogP contribution >= 0.6 is 0 Å². The molecule has 0 saturated heterocycles. The van der Waals surface area contributed by atoms with Gasteiger partial charge in [0.2, 0.25) is 10.0 Å². The number of nitrogens with zero attached hydrogens (tertiary/aromatic N) is 2. The molecule has 0 aromatic heterocycles. The van der Waals surface area contributed by atoms with E-state index in [-0.39, 0.29) is 18.0 Å². The Kier molecular flexibility index (Phi) is 9.47. The zero-order chi connectivity index (χ0) is 28.5. The van der Waals surface area contributed by atoms with E-state index in [2.05, 4.69) is 10.5 Å². The van der Waals surface area contributed by atoms with Crippen molar-refractivity contribution in [2.24, 2.45) is 5.10 Å². The van der Waals surface area contributed by atoms with E-state index in [1.54, 1.807) is 13.8 Å². The fraction of sp³-hybridized carbons (Fsp3) is 0.188. The van der Waals surface area contributed by atoms with Crippen molar-refractivity contribution < 1.29 is 17.9 Å². The van der Waals surface area contributed by atoms with Gasteiger partial charge in [0.15, 0.2) is 0 Å². The van der Waals surface area contributed by atoms with E-state index >= 15 is 0 Å². The molecule has 4 aromatic carbocycles. The summed E-state index contributed by atoms with van der Waals surface area (Å²) in [6, 6.07) is 30.1. The van der Waals surface area contributed by atoms with E-state index in [4.69, 9.17) is 4.74 Å². The predicted octanol–water partition coefficient (Wildman–Crippen LogP) is 5.53. The summed E-state index contributed by atoms with van der Waals surface area (Å²) in [4.78, 5) is 13.1. The number of sulfonamides is 1. The van der Waals surface area contributed by atoms with E-state index < -0.39 is 15.9 Å². The van der Waals surface area contributed by atoms with Crippen molar-refractivity contribution in [2.75, 3.05) is 6.54 Å². The number of hydrogen-bond donors (Lipinski definition) is 1. The van der Waals surface area contributed by atoms with Crippen molar-refractivity contribution in [3.8, 4) is 5.75 Å². The smallest absolute Gasteiger partial charge is 0.255 e. The summed E-state index contributed by atoms with van der Waals surface area (Å²) >= 11 is 0. The third-order valence-electron chi connectivity index (χ3n) is 6.23. The lowest BCUT2D eigenvalue weighted by atomic mass is 10.1. The standard InChI is InChI=1S/C32H33N3O4S/c1-24-17-25(2)32(26(3)18-24)40(37,38)35(21-27-11-6-4-7-12-27)22-31(36)34-33-20-29-15-10-16-30(19-29)39-23-28-13-8-5-9-14-28/h4-20H,21-23H2,1-3H3,(H,34,36)/b33-20-. The molecule has 0 radical (unpaired) electrons. The molecule has 0 fully saturated rings. The maximum atomic E-state index is 13.8. The van der Waals surface area contributed by atoms with Crippen LogP contribution in [0.4, 0.5) is 0 Å². The Morgan fingerprint density at radius 1 is 0.850 bits per heavy atom. The Morgan fingerprint density at radius 3 is 2.12 bits per heavy atom. The first kappa shape index (κ1) is 28.7. The summed E-state index contributed by atoms with van der Waals surface area (Å²) in [7, 11) is -3.98. The highest BCUT2D eigenvalue weighted by Crippen LogP contribution is 2.26. The van der Waals surface area contributed by atoms with Crippen LogP contribution in [0.3, 0.4) is 0 Å². The molecular weight excluding hydrogens is 522 g/mol. The molecule has 0 atom stereocenters. The van der Waals surface area contributed by atoms with Crippen molar-refractivity contribution in [1.29, 1.82) is 0 Å². The summed E-state index contributed by atoms with van der Waals surface area (Å²) in [5.74, 6) is 0.123. The summed E-state index contributed by atoms with van der Waals surface area (Å²) in [6.45, 7) is 5.57. The minimum Gasteiger partial charge on any atom is -0.489 e. The van der Waals surface area contributed by atoms with Crippen LogP contribution in [-0.4, -0.2) is 31.4 Å². The molecule has 0 spiro atoms. The van der Waals surface area contributed by atoms with Crippen molar-refractivity contribution >= 4 is 22.1 Å². The number of rotatable bonds is 11. The molecule has 206 valence electrons. The monoisotopic (exact) mass is 555 g/mol. The Labute approximate surface area is 236 Å². The van der Waals surface area contributed by atoms with Crippen molar-refractivity contribution in [1.82, 2.24) is 9.73 Å². The van der Waals surface area contributed by atoms with Crippen LogP contribution in [-0.2, 0) is 28.0 Å². The lowest BCUT2D eigenvalue weighted by Crippen LogP contribution is -2.39. The van der Waals surface area contributed by atoms with Gasteiger partial charge in [0.05, 0.1) is 17.7 Å². The first-order valence-corrected chi connectivity index (χ1v) is 14.4. The van der Waals surface area contributed by atoms with Gasteiger partial charge in [-0.3, -0.25) is 4.79 Å². The molecular formula is C32H33N3O4S. The number of hydrazone groups is 1. The molecule has 1 amide bonds. The molecule has 40 heavy (non-hydrogen) atoms. The van der Waals surface area contributed by atoms with Crippen LogP contribution in [0.2, 0.25) is 0 Å². The molecule has 0 saturated carbocycles. The zero-order valence-corrected chi connectivity index (χ0v) is 23.7. The molecule has 4 aromatic rings. The van der Waals surface area contributed by atoms with Crippen molar-refractivity contribution in [3.63, 3.8) is 0 Å². The second-order valence-electron chi connectivity index (χ2n) is 9.63. The van der Waals surface area contributed by atoms with E-state index in [0.717, 1.165) is 22.3 Å². The number of amides is 1. The lowest BCUT2D eigenvalue weighted by Gasteiger charge is -2.24. The first-order valence-electron chi connectivity index (χ1n) is 12.9. The Morgan fingerprint density at radius 2 is 1.48 bits per heavy atom. The van der Waals surface area contributed by atoms with Crippen LogP contribution < -0.4 is 10.2 Å². The Hall–Kier alpha value is -4.27. The highest BCUT2D eigenvalue weighted by molar-refractivity contribution is 7.89. The van der Waals surface area contributed by atoms with Crippen LogP contribution in [0.1, 0.15) is 33.4 Å². The van der Waals surface area contributed by atoms with E-state index in [9.17, 15) is 13.2 Å². The first-order chi connectivity index (χ1) is 19.2. The summed E-state index contributed by atoms with van der Waals surface area (Å²) in [5, 5.41) is 4.06. The average Bonchev–Trinajstić information content (AvgIpc) is 2.92. The lowest BCUT2D eigenvalue weighted by molar-refractivity contribution is -0.121. The molecule has 8 heteroatoms. The van der Waals surface area contributed by atoms with Gasteiger partial charge in [-0.05, 0) is 60.7 Å². The topological polar surface area (TPSA) is 88.1 Å². The molecule has 0 unspecified atom stereocenters. The van der Waals surface area contributed by atoms with Crippen LogP contribution in [0, 0.1) is 20.8 Å². The molecule has 4 rings (SSSR count). The van der Waals surface area contributed by atoms with Gasteiger partial charge in [0.25, 0.3) is 5.91 Å². The SMILES string of the molecule is Cc1cc(C)c(S(=O)(=O)N(CC(=O)N/N=C\c2cccc(OCc3ccccc3)c2)Cc2ccccc2)c(C)c1. The highest BCUT2D eigenvalue weighted by Gasteiger charge is 2.30. The maximum absolute atomic E-state index is 13.8. The fourth-order valence-corrected chi connectivity index (χ4v) is 6.31. The van der Waals surface area contributed by atoms with Crippen LogP contribution in [0.5, 0.6) is 5.75 Å². The Bertz CT molecular complexity index is 1560. The number of carbonyl (C=O) groups excluding carboxylic acids is 1. The number of benzene rings is 4. The Balaban J connectivity index is 1.46. The molecule has 0 aliphatic carbocycles. The molecule has 0 aliphatic rings. The van der Waals surface area contributed by atoms with Gasteiger partial charge in [-0.15, -0.1) is 0 Å². The summed E-state index contributed by atoms with van der Waals surface area (Å²) < 4.78 is 34.7.